The number of nitro benzene ring substituents is 1. The molecule has 0 saturated carbocycles. The van der Waals surface area contributed by atoms with E-state index in [1.165, 1.54) is 18.2 Å². The number of unbranched alkanes of at least 4 members (excludes halogenated alkanes) is 1. The second kappa shape index (κ2) is 7.35. The molecule has 0 bridgehead atoms. The number of para-hydroxylation sites is 2. The van der Waals surface area contributed by atoms with Crippen molar-refractivity contribution in [2.24, 2.45) is 0 Å². The number of aryl methyl sites for hydroxylation is 1. The fraction of sp³-hybridized carbons (Fsp3) is 0.263. The number of hydrogen-bond acceptors (Lipinski definition) is 4. The van der Waals surface area contributed by atoms with Crippen LogP contribution in [0.4, 0.5) is 5.69 Å². The average Bonchev–Trinajstić information content (AvgIpc) is 2.91. The fourth-order valence-electron chi connectivity index (χ4n) is 3.03. The molecule has 2 aromatic carbocycles. The predicted molar refractivity (Wildman–Crippen MR) is 98.1 cm³/mol. The van der Waals surface area contributed by atoms with Gasteiger partial charge < -0.3 is 9.13 Å². The smallest absolute Gasteiger partial charge is 0.270 e. The first-order valence-corrected chi connectivity index (χ1v) is 8.53. The van der Waals surface area contributed by atoms with Crippen LogP contribution in [-0.4, -0.2) is 19.8 Å². The number of nitro groups is 1. The van der Waals surface area contributed by atoms with Gasteiger partial charge >= 0.3 is 0 Å². The number of imidazole rings is 1. The van der Waals surface area contributed by atoms with Crippen LogP contribution in [0.25, 0.3) is 11.0 Å². The number of carbonyl (C=O) groups is 1. The number of non-ortho nitro benzene ring substituents is 1. The summed E-state index contributed by atoms with van der Waals surface area (Å²) >= 11 is 0. The number of Topliss-reactive ketones (excluding diaryl/α,β-unsaturated/α-hetero) is 1. The van der Waals surface area contributed by atoms with Crippen molar-refractivity contribution in [2.45, 2.75) is 32.9 Å². The Kier molecular flexibility index (Phi) is 4.97. The molecule has 7 nitrogen and oxygen atoms in total. The number of fused-ring (bicyclic) bond motifs is 1. The highest BCUT2D eigenvalue weighted by Gasteiger charge is 2.16. The number of ketones is 1. The Bertz CT molecular complexity index is 1030. The lowest BCUT2D eigenvalue weighted by Gasteiger charge is -2.05. The lowest BCUT2D eigenvalue weighted by atomic mass is 10.1. The number of rotatable bonds is 7. The zero-order chi connectivity index (χ0) is 18.7. The number of nitrogens with zero attached hydrogens (tertiary/aromatic N) is 3. The molecule has 26 heavy (non-hydrogen) atoms. The number of hydrogen-bond donors (Lipinski definition) is 1. The Morgan fingerprint density at radius 2 is 1.81 bits per heavy atom. The number of carbonyl (C=O) groups excluding carboxylic acids is 1. The molecule has 0 unspecified atom stereocenters. The second-order valence-corrected chi connectivity index (χ2v) is 6.13. The van der Waals surface area contributed by atoms with Crippen molar-refractivity contribution in [3.8, 4) is 0 Å². The molecule has 0 amide bonds. The van der Waals surface area contributed by atoms with Gasteiger partial charge in [0.15, 0.2) is 5.78 Å². The zero-order valence-electron chi connectivity index (χ0n) is 14.5. The van der Waals surface area contributed by atoms with Crippen molar-refractivity contribution >= 4 is 22.5 Å². The molecular weight excluding hydrogens is 332 g/mol. The number of nitrogens with one attached hydrogen (secondary N) is 1. The van der Waals surface area contributed by atoms with Gasteiger partial charge in [-0.05, 0) is 18.6 Å². The van der Waals surface area contributed by atoms with E-state index in [1.807, 2.05) is 28.8 Å². The maximum atomic E-state index is 12.7. The summed E-state index contributed by atoms with van der Waals surface area (Å²) in [6, 6.07) is 13.3. The van der Waals surface area contributed by atoms with Crippen LogP contribution < -0.4 is 5.62 Å². The van der Waals surface area contributed by atoms with Crippen LogP contribution in [0.3, 0.4) is 0 Å². The summed E-state index contributed by atoms with van der Waals surface area (Å²) < 4.78 is 3.56. The second-order valence-electron chi connectivity index (χ2n) is 6.13. The van der Waals surface area contributed by atoms with Crippen molar-refractivity contribution in [3.05, 3.63) is 69.8 Å². The van der Waals surface area contributed by atoms with E-state index in [4.69, 9.17) is 5.41 Å². The highest BCUT2D eigenvalue weighted by atomic mass is 16.6. The summed E-state index contributed by atoms with van der Waals surface area (Å²) in [4.78, 5) is 23.1. The van der Waals surface area contributed by atoms with Crippen LogP contribution in [0.2, 0.25) is 0 Å². The molecule has 3 rings (SSSR count). The SMILES string of the molecule is CCCCn1c(=N)n(CC(=O)c2cccc([N+](=O)[O-])c2)c2ccccc21. The van der Waals surface area contributed by atoms with Crippen molar-refractivity contribution in [2.75, 3.05) is 0 Å². The third kappa shape index (κ3) is 3.28. The van der Waals surface area contributed by atoms with Gasteiger partial charge in [-0.15, -0.1) is 0 Å². The van der Waals surface area contributed by atoms with E-state index in [0.29, 0.717) is 6.54 Å². The molecule has 0 aliphatic carbocycles. The highest BCUT2D eigenvalue weighted by molar-refractivity contribution is 5.97. The van der Waals surface area contributed by atoms with Gasteiger partial charge in [0.25, 0.3) is 5.69 Å². The molecule has 0 spiro atoms. The lowest BCUT2D eigenvalue weighted by molar-refractivity contribution is -0.384. The third-order valence-electron chi connectivity index (χ3n) is 4.39. The third-order valence-corrected chi connectivity index (χ3v) is 4.39. The average molecular weight is 352 g/mol. The zero-order valence-corrected chi connectivity index (χ0v) is 14.5. The Morgan fingerprint density at radius 3 is 2.46 bits per heavy atom. The van der Waals surface area contributed by atoms with E-state index in [2.05, 4.69) is 6.92 Å². The molecule has 0 radical (unpaired) electrons. The standard InChI is InChI=1S/C19H20N4O3/c1-2-3-11-21-16-9-4-5-10-17(16)22(19(21)20)13-18(24)14-7-6-8-15(12-14)23(25)26/h4-10,12,20H,2-3,11,13H2,1H3. The van der Waals surface area contributed by atoms with Gasteiger partial charge in [-0.25, -0.2) is 0 Å². The molecule has 0 atom stereocenters. The first-order chi connectivity index (χ1) is 12.5. The molecule has 1 aromatic heterocycles. The normalized spacial score (nSPS) is 11.0. The largest absolute Gasteiger partial charge is 0.310 e. The Labute approximate surface area is 150 Å². The van der Waals surface area contributed by atoms with Crippen LogP contribution in [0.5, 0.6) is 0 Å². The van der Waals surface area contributed by atoms with Gasteiger partial charge in [0.05, 0.1) is 22.5 Å². The van der Waals surface area contributed by atoms with E-state index >= 15 is 0 Å². The van der Waals surface area contributed by atoms with E-state index in [-0.39, 0.29) is 29.2 Å². The van der Waals surface area contributed by atoms with Gasteiger partial charge in [-0.1, -0.05) is 37.6 Å². The molecule has 0 aliphatic heterocycles. The minimum absolute atomic E-state index is 0.0281. The van der Waals surface area contributed by atoms with Gasteiger partial charge in [-0.3, -0.25) is 20.3 Å². The van der Waals surface area contributed by atoms with Crippen LogP contribution in [0.1, 0.15) is 30.1 Å². The summed E-state index contributed by atoms with van der Waals surface area (Å²) in [6.07, 6.45) is 1.96. The van der Waals surface area contributed by atoms with E-state index in [0.717, 1.165) is 23.9 Å². The first-order valence-electron chi connectivity index (χ1n) is 8.53. The molecule has 0 aliphatic rings. The summed E-state index contributed by atoms with van der Waals surface area (Å²) in [5.74, 6) is -0.259. The monoisotopic (exact) mass is 352 g/mol. The molecule has 1 heterocycles. The van der Waals surface area contributed by atoms with E-state index < -0.39 is 4.92 Å². The fourth-order valence-corrected chi connectivity index (χ4v) is 3.03. The first kappa shape index (κ1) is 17.6. The highest BCUT2D eigenvalue weighted by Crippen LogP contribution is 2.17. The quantitative estimate of drug-likeness (QED) is 0.400. The number of benzene rings is 2. The maximum absolute atomic E-state index is 12.7. The van der Waals surface area contributed by atoms with Crippen molar-refractivity contribution in [1.29, 1.82) is 5.41 Å². The van der Waals surface area contributed by atoms with Gasteiger partial charge in [0.2, 0.25) is 5.62 Å². The van der Waals surface area contributed by atoms with Gasteiger partial charge in [0.1, 0.15) is 0 Å². The molecule has 3 aromatic rings. The van der Waals surface area contributed by atoms with Crippen LogP contribution in [0, 0.1) is 15.5 Å². The number of aromatic nitrogens is 2. The predicted octanol–water partition coefficient (Wildman–Crippen LogP) is 3.51. The van der Waals surface area contributed by atoms with Crippen LogP contribution in [0.15, 0.2) is 48.5 Å². The Balaban J connectivity index is 2.00. The molecule has 7 heteroatoms. The molecule has 134 valence electrons. The summed E-state index contributed by atoms with van der Waals surface area (Å²) in [5, 5.41) is 19.4. The molecule has 1 N–H and O–H groups in total. The van der Waals surface area contributed by atoms with Crippen molar-refractivity contribution in [1.82, 2.24) is 9.13 Å². The minimum atomic E-state index is -0.517. The van der Waals surface area contributed by atoms with Crippen molar-refractivity contribution in [3.63, 3.8) is 0 Å². The summed E-state index contributed by atoms with van der Waals surface area (Å²) in [5.41, 5.74) is 2.15. The van der Waals surface area contributed by atoms with Crippen LogP contribution in [-0.2, 0) is 13.1 Å². The molecular formula is C19H20N4O3. The van der Waals surface area contributed by atoms with Crippen LogP contribution >= 0.6 is 0 Å². The van der Waals surface area contributed by atoms with E-state index in [1.54, 1.807) is 10.6 Å². The summed E-state index contributed by atoms with van der Waals surface area (Å²) in [6.45, 7) is 2.78. The van der Waals surface area contributed by atoms with Gasteiger partial charge in [-0.2, -0.15) is 0 Å². The van der Waals surface area contributed by atoms with Gasteiger partial charge in [0, 0.05) is 24.2 Å². The maximum Gasteiger partial charge on any atom is 0.270 e. The van der Waals surface area contributed by atoms with E-state index in [9.17, 15) is 14.9 Å². The topological polar surface area (TPSA) is 93.9 Å². The lowest BCUT2D eigenvalue weighted by Crippen LogP contribution is -2.27. The van der Waals surface area contributed by atoms with Crippen molar-refractivity contribution < 1.29 is 9.72 Å². The summed E-state index contributed by atoms with van der Waals surface area (Å²) in [7, 11) is 0. The Morgan fingerprint density at radius 1 is 1.12 bits per heavy atom. The molecule has 0 fully saturated rings. The molecule has 0 saturated heterocycles. The Hall–Kier alpha value is -3.22. The minimum Gasteiger partial charge on any atom is -0.310 e.